The lowest BCUT2D eigenvalue weighted by Gasteiger charge is -2.08. The number of rotatable bonds is 5. The Morgan fingerprint density at radius 3 is 1.81 bits per heavy atom. The molecule has 3 rings (SSSR count). The molecule has 0 radical (unpaired) electrons. The van der Waals surface area contributed by atoms with E-state index in [9.17, 15) is 9.18 Å². The summed E-state index contributed by atoms with van der Waals surface area (Å²) in [6.45, 7) is 5.16. The number of carbonyl (C=O) groups excluding carboxylic acids is 1. The topological polar surface area (TPSA) is 35.5 Å². The molecule has 136 valence electrons. The molecule has 27 heavy (non-hydrogen) atoms. The minimum absolute atomic E-state index is 0.225. The molecule has 0 bridgehead atoms. The van der Waals surface area contributed by atoms with Crippen LogP contribution in [0.3, 0.4) is 0 Å². The van der Waals surface area contributed by atoms with E-state index in [-0.39, 0.29) is 11.6 Å². The summed E-state index contributed by atoms with van der Waals surface area (Å²) in [4.78, 5) is 11.5. The van der Waals surface area contributed by atoms with Crippen LogP contribution in [0.15, 0.2) is 78.9 Å². The summed E-state index contributed by atoms with van der Waals surface area (Å²) in [6, 6.07) is 19.9. The number of benzene rings is 3. The lowest BCUT2D eigenvalue weighted by Crippen LogP contribution is -2.07. The van der Waals surface area contributed by atoms with E-state index in [4.69, 9.17) is 9.47 Å². The molecule has 0 N–H and O–H groups in total. The zero-order valence-electron chi connectivity index (χ0n) is 15.2. The van der Waals surface area contributed by atoms with Gasteiger partial charge in [0.1, 0.15) is 5.75 Å². The van der Waals surface area contributed by atoms with Gasteiger partial charge in [-0.05, 0) is 53.4 Å². The maximum Gasteiger partial charge on any atom is 0.338 e. The van der Waals surface area contributed by atoms with Gasteiger partial charge in [0, 0.05) is 5.57 Å². The van der Waals surface area contributed by atoms with E-state index in [0.29, 0.717) is 11.3 Å². The first-order valence-corrected chi connectivity index (χ1v) is 8.40. The van der Waals surface area contributed by atoms with E-state index in [0.717, 1.165) is 22.3 Å². The lowest BCUT2D eigenvalue weighted by atomic mass is 10.00. The van der Waals surface area contributed by atoms with Crippen molar-refractivity contribution in [3.63, 3.8) is 0 Å². The lowest BCUT2D eigenvalue weighted by molar-refractivity contribution is -0.130. The third kappa shape index (κ3) is 4.23. The van der Waals surface area contributed by atoms with Gasteiger partial charge in [-0.15, -0.1) is 0 Å². The van der Waals surface area contributed by atoms with Gasteiger partial charge in [0.05, 0.1) is 7.11 Å². The summed E-state index contributed by atoms with van der Waals surface area (Å²) in [5.41, 5.74) is 4.03. The number of hydrogen-bond acceptors (Lipinski definition) is 3. The smallest absolute Gasteiger partial charge is 0.338 e. The van der Waals surface area contributed by atoms with E-state index < -0.39 is 5.97 Å². The second kappa shape index (κ2) is 7.87. The molecule has 3 nitrogen and oxygen atoms in total. The van der Waals surface area contributed by atoms with E-state index in [1.54, 1.807) is 25.1 Å². The number of halogens is 1. The highest BCUT2D eigenvalue weighted by atomic mass is 19.1. The molecule has 0 amide bonds. The third-order valence-electron chi connectivity index (χ3n) is 4.12. The van der Waals surface area contributed by atoms with Crippen molar-refractivity contribution in [1.82, 2.24) is 0 Å². The van der Waals surface area contributed by atoms with Crippen LogP contribution in [0.5, 0.6) is 11.5 Å². The minimum atomic E-state index is -0.446. The van der Waals surface area contributed by atoms with E-state index in [2.05, 4.69) is 6.58 Å². The van der Waals surface area contributed by atoms with Crippen molar-refractivity contribution in [3.8, 4) is 33.8 Å². The van der Waals surface area contributed by atoms with Crippen molar-refractivity contribution in [1.29, 1.82) is 0 Å². The van der Waals surface area contributed by atoms with Crippen LogP contribution < -0.4 is 9.47 Å². The Bertz CT molecular complexity index is 974. The molecule has 0 spiro atoms. The Balaban J connectivity index is 1.78. The van der Waals surface area contributed by atoms with Crippen LogP contribution >= 0.6 is 0 Å². The van der Waals surface area contributed by atoms with E-state index in [1.165, 1.54) is 13.2 Å². The molecule has 0 saturated heterocycles. The molecule has 0 fully saturated rings. The molecular formula is C23H19FO3. The summed E-state index contributed by atoms with van der Waals surface area (Å²) >= 11 is 0. The molecule has 0 aliphatic heterocycles. The number of carbonyl (C=O) groups is 1. The van der Waals surface area contributed by atoms with Crippen LogP contribution in [0.4, 0.5) is 4.39 Å². The highest BCUT2D eigenvalue weighted by Gasteiger charge is 2.07. The predicted octanol–water partition coefficient (Wildman–Crippen LogP) is 5.65. The van der Waals surface area contributed by atoms with Crippen LogP contribution in [0.1, 0.15) is 6.92 Å². The highest BCUT2D eigenvalue weighted by molar-refractivity contribution is 5.88. The fourth-order valence-corrected chi connectivity index (χ4v) is 2.61. The zero-order valence-corrected chi connectivity index (χ0v) is 15.2. The number of methoxy groups -OCH3 is 1. The molecule has 0 unspecified atom stereocenters. The zero-order chi connectivity index (χ0) is 19.4. The highest BCUT2D eigenvalue weighted by Crippen LogP contribution is 2.28. The second-order valence-corrected chi connectivity index (χ2v) is 6.12. The van der Waals surface area contributed by atoms with Crippen LogP contribution in [0.25, 0.3) is 22.3 Å². The summed E-state index contributed by atoms with van der Waals surface area (Å²) in [6.07, 6.45) is 0. The Morgan fingerprint density at radius 2 is 1.33 bits per heavy atom. The quantitative estimate of drug-likeness (QED) is 0.334. The molecule has 4 heteroatoms. The summed E-state index contributed by atoms with van der Waals surface area (Å²) < 4.78 is 24.0. The van der Waals surface area contributed by atoms with Gasteiger partial charge in [0.15, 0.2) is 11.6 Å². The molecule has 0 aliphatic rings. The maximum absolute atomic E-state index is 13.9. The Morgan fingerprint density at radius 1 is 0.852 bits per heavy atom. The fraction of sp³-hybridized carbons (Fsp3) is 0.0870. The van der Waals surface area contributed by atoms with Gasteiger partial charge >= 0.3 is 5.97 Å². The first kappa shape index (κ1) is 18.4. The molecule has 0 saturated carbocycles. The standard InChI is InChI=1S/C23H19FO3/c1-15(2)23(25)27-20-11-8-17(9-12-20)16-4-6-18(7-5-16)19-10-13-22(26-3)21(24)14-19/h4-14H,1H2,2-3H3. The average molecular weight is 362 g/mol. The van der Waals surface area contributed by atoms with Gasteiger partial charge in [-0.3, -0.25) is 0 Å². The van der Waals surface area contributed by atoms with Crippen molar-refractivity contribution in [2.45, 2.75) is 6.92 Å². The van der Waals surface area contributed by atoms with E-state index >= 15 is 0 Å². The molecular weight excluding hydrogens is 343 g/mol. The van der Waals surface area contributed by atoms with Gasteiger partial charge in [-0.1, -0.05) is 49.0 Å². The van der Waals surface area contributed by atoms with Crippen molar-refractivity contribution >= 4 is 5.97 Å². The maximum atomic E-state index is 13.9. The number of esters is 1. The van der Waals surface area contributed by atoms with Crippen molar-refractivity contribution < 1.29 is 18.7 Å². The number of hydrogen-bond donors (Lipinski definition) is 0. The average Bonchev–Trinajstić information content (AvgIpc) is 2.68. The summed E-state index contributed by atoms with van der Waals surface area (Å²) in [5, 5.41) is 0. The minimum Gasteiger partial charge on any atom is -0.494 e. The van der Waals surface area contributed by atoms with Crippen molar-refractivity contribution in [2.24, 2.45) is 0 Å². The van der Waals surface area contributed by atoms with Gasteiger partial charge < -0.3 is 9.47 Å². The SMILES string of the molecule is C=C(C)C(=O)Oc1ccc(-c2ccc(-c3ccc(OC)c(F)c3)cc2)cc1. The van der Waals surface area contributed by atoms with Crippen LogP contribution in [-0.4, -0.2) is 13.1 Å². The predicted molar refractivity (Wildman–Crippen MR) is 104 cm³/mol. The molecule has 0 heterocycles. The fourth-order valence-electron chi connectivity index (χ4n) is 2.61. The molecule has 0 atom stereocenters. The van der Waals surface area contributed by atoms with E-state index in [1.807, 2.05) is 42.5 Å². The van der Waals surface area contributed by atoms with Crippen LogP contribution in [0, 0.1) is 5.82 Å². The third-order valence-corrected chi connectivity index (χ3v) is 4.12. The first-order chi connectivity index (χ1) is 13.0. The monoisotopic (exact) mass is 362 g/mol. The molecule has 0 aromatic heterocycles. The normalized spacial score (nSPS) is 10.3. The number of ether oxygens (including phenoxy) is 2. The Kier molecular flexibility index (Phi) is 5.36. The molecule has 3 aromatic carbocycles. The molecule has 0 aliphatic carbocycles. The van der Waals surface area contributed by atoms with Crippen LogP contribution in [-0.2, 0) is 4.79 Å². The van der Waals surface area contributed by atoms with Gasteiger partial charge in [-0.25, -0.2) is 9.18 Å². The van der Waals surface area contributed by atoms with Crippen molar-refractivity contribution in [3.05, 3.63) is 84.7 Å². The Labute approximate surface area is 157 Å². The van der Waals surface area contributed by atoms with Gasteiger partial charge in [0.25, 0.3) is 0 Å². The first-order valence-electron chi connectivity index (χ1n) is 8.40. The van der Waals surface area contributed by atoms with Crippen molar-refractivity contribution in [2.75, 3.05) is 7.11 Å². The largest absolute Gasteiger partial charge is 0.494 e. The second-order valence-electron chi connectivity index (χ2n) is 6.12. The summed E-state index contributed by atoms with van der Waals surface area (Å²) in [7, 11) is 1.44. The van der Waals surface area contributed by atoms with Gasteiger partial charge in [-0.2, -0.15) is 0 Å². The Hall–Kier alpha value is -3.40. The van der Waals surface area contributed by atoms with Gasteiger partial charge in [0.2, 0.25) is 0 Å². The van der Waals surface area contributed by atoms with Crippen LogP contribution in [0.2, 0.25) is 0 Å². The summed E-state index contributed by atoms with van der Waals surface area (Å²) in [5.74, 6) is -0.141. The molecule has 3 aromatic rings.